The van der Waals surface area contributed by atoms with Crippen LogP contribution in [0.15, 0.2) is 77.7 Å². The van der Waals surface area contributed by atoms with Gasteiger partial charge < -0.3 is 4.90 Å². The van der Waals surface area contributed by atoms with E-state index in [4.69, 9.17) is 21.6 Å². The summed E-state index contributed by atoms with van der Waals surface area (Å²) in [6, 6.07) is 21.0. The molecular formula is C25H22ClN5O4S. The molecule has 0 bridgehead atoms. The molecule has 0 saturated carbocycles. The number of halogens is 1. The molecule has 1 aromatic heterocycles. The van der Waals surface area contributed by atoms with E-state index in [2.05, 4.69) is 4.90 Å². The molecule has 5 rings (SSSR count). The molecule has 0 spiro atoms. The van der Waals surface area contributed by atoms with Crippen LogP contribution in [0.4, 0.5) is 11.5 Å². The third kappa shape index (κ3) is 4.62. The highest BCUT2D eigenvalue weighted by Crippen LogP contribution is 2.32. The summed E-state index contributed by atoms with van der Waals surface area (Å²) in [6.07, 6.45) is 0.553. The van der Waals surface area contributed by atoms with Gasteiger partial charge in [0.1, 0.15) is 10.7 Å². The Morgan fingerprint density at radius 2 is 1.56 bits per heavy atom. The SMILES string of the molecule is O=[N+]([O-])c1cc(S(=O)(=O)N2CCCN(c3nc4ccccc4nc3-c3ccccc3)CC2)ccc1Cl. The minimum Gasteiger partial charge on any atom is -0.353 e. The lowest BCUT2D eigenvalue weighted by molar-refractivity contribution is -0.384. The molecule has 0 amide bonds. The van der Waals surface area contributed by atoms with Crippen LogP contribution in [-0.4, -0.2) is 53.8 Å². The molecule has 36 heavy (non-hydrogen) atoms. The molecule has 0 atom stereocenters. The normalized spacial score (nSPS) is 15.1. The third-order valence-electron chi connectivity index (χ3n) is 6.11. The van der Waals surface area contributed by atoms with E-state index in [9.17, 15) is 18.5 Å². The van der Waals surface area contributed by atoms with Gasteiger partial charge in [-0.25, -0.2) is 18.4 Å². The van der Waals surface area contributed by atoms with E-state index in [0.717, 1.165) is 28.4 Å². The highest BCUT2D eigenvalue weighted by Gasteiger charge is 2.30. The second-order valence-corrected chi connectivity index (χ2v) is 10.7. The molecule has 0 radical (unpaired) electrons. The summed E-state index contributed by atoms with van der Waals surface area (Å²) in [5.74, 6) is 0.696. The lowest BCUT2D eigenvalue weighted by Crippen LogP contribution is -2.35. The monoisotopic (exact) mass is 523 g/mol. The van der Waals surface area contributed by atoms with Gasteiger partial charge in [0.25, 0.3) is 5.69 Å². The second kappa shape index (κ2) is 9.81. The smallest absolute Gasteiger partial charge is 0.289 e. The summed E-state index contributed by atoms with van der Waals surface area (Å²) in [7, 11) is -3.95. The van der Waals surface area contributed by atoms with Crippen LogP contribution in [-0.2, 0) is 10.0 Å². The summed E-state index contributed by atoms with van der Waals surface area (Å²) < 4.78 is 28.1. The topological polar surface area (TPSA) is 110 Å². The zero-order chi connectivity index (χ0) is 25.3. The molecule has 1 aliphatic rings. The van der Waals surface area contributed by atoms with Crippen LogP contribution >= 0.6 is 11.6 Å². The minimum absolute atomic E-state index is 0.107. The maximum absolute atomic E-state index is 13.3. The fourth-order valence-corrected chi connectivity index (χ4v) is 5.97. The molecule has 4 aromatic rings. The number of rotatable bonds is 5. The van der Waals surface area contributed by atoms with E-state index in [1.807, 2.05) is 54.6 Å². The van der Waals surface area contributed by atoms with Gasteiger partial charge in [-0.2, -0.15) is 4.31 Å². The van der Waals surface area contributed by atoms with Crippen molar-refractivity contribution in [2.45, 2.75) is 11.3 Å². The number of nitro benzene ring substituents is 1. The first-order chi connectivity index (χ1) is 17.3. The first-order valence-electron chi connectivity index (χ1n) is 11.4. The predicted octanol–water partition coefficient (Wildman–Crippen LogP) is 4.76. The zero-order valence-corrected chi connectivity index (χ0v) is 20.7. The highest BCUT2D eigenvalue weighted by atomic mass is 35.5. The van der Waals surface area contributed by atoms with Gasteiger partial charge in [-0.1, -0.05) is 54.1 Å². The fourth-order valence-electron chi connectivity index (χ4n) is 4.29. The van der Waals surface area contributed by atoms with Crippen LogP contribution in [0, 0.1) is 10.1 Å². The van der Waals surface area contributed by atoms with Gasteiger partial charge in [0, 0.05) is 37.8 Å². The largest absolute Gasteiger partial charge is 0.353 e. The molecule has 2 heterocycles. The van der Waals surface area contributed by atoms with Crippen LogP contribution < -0.4 is 4.90 Å². The molecule has 184 valence electrons. The van der Waals surface area contributed by atoms with Crippen molar-refractivity contribution in [2.75, 3.05) is 31.1 Å². The maximum atomic E-state index is 13.3. The van der Waals surface area contributed by atoms with Crippen molar-refractivity contribution in [2.24, 2.45) is 0 Å². The molecular weight excluding hydrogens is 502 g/mol. The lowest BCUT2D eigenvalue weighted by Gasteiger charge is -2.25. The maximum Gasteiger partial charge on any atom is 0.289 e. The van der Waals surface area contributed by atoms with Gasteiger partial charge in [-0.15, -0.1) is 0 Å². The van der Waals surface area contributed by atoms with Crippen LogP contribution in [0.25, 0.3) is 22.3 Å². The molecule has 1 fully saturated rings. The Morgan fingerprint density at radius 1 is 0.861 bits per heavy atom. The number of anilines is 1. The average Bonchev–Trinajstić information content (AvgIpc) is 3.15. The Morgan fingerprint density at radius 3 is 2.28 bits per heavy atom. The highest BCUT2D eigenvalue weighted by molar-refractivity contribution is 7.89. The summed E-state index contributed by atoms with van der Waals surface area (Å²) in [6.45, 7) is 1.44. The Kier molecular flexibility index (Phi) is 6.57. The molecule has 0 aliphatic carbocycles. The van der Waals surface area contributed by atoms with Crippen LogP contribution in [0.1, 0.15) is 6.42 Å². The van der Waals surface area contributed by atoms with Crippen molar-refractivity contribution in [3.63, 3.8) is 0 Å². The van der Waals surface area contributed by atoms with Crippen molar-refractivity contribution in [3.05, 3.63) is 87.9 Å². The average molecular weight is 524 g/mol. The molecule has 1 aliphatic heterocycles. The Bertz CT molecular complexity index is 1550. The standard InChI is InChI=1S/C25H22ClN5O4S/c26-20-12-11-19(17-23(20)31(32)33)36(34,35)30-14-6-13-29(15-16-30)25-24(18-7-2-1-3-8-18)27-21-9-4-5-10-22(21)28-25/h1-5,7-12,17H,6,13-16H2. The number of nitrogens with zero attached hydrogens (tertiary/aromatic N) is 5. The van der Waals surface area contributed by atoms with Gasteiger partial charge in [0.05, 0.1) is 20.9 Å². The molecule has 3 aromatic carbocycles. The number of fused-ring (bicyclic) bond motifs is 1. The molecule has 0 unspecified atom stereocenters. The number of sulfonamides is 1. The summed E-state index contributed by atoms with van der Waals surface area (Å²) in [4.78, 5) is 22.3. The number of aromatic nitrogens is 2. The van der Waals surface area contributed by atoms with Gasteiger partial charge in [-0.3, -0.25) is 10.1 Å². The quantitative estimate of drug-likeness (QED) is 0.274. The summed E-state index contributed by atoms with van der Waals surface area (Å²) in [5.41, 5.74) is 2.76. The number of hydrogen-bond acceptors (Lipinski definition) is 7. The van der Waals surface area contributed by atoms with Crippen LogP contribution in [0.5, 0.6) is 0 Å². The van der Waals surface area contributed by atoms with Gasteiger partial charge >= 0.3 is 0 Å². The van der Waals surface area contributed by atoms with E-state index < -0.39 is 20.6 Å². The minimum atomic E-state index is -3.95. The van der Waals surface area contributed by atoms with Crippen molar-refractivity contribution >= 4 is 44.2 Å². The number of para-hydroxylation sites is 2. The van der Waals surface area contributed by atoms with E-state index in [-0.39, 0.29) is 23.0 Å². The Labute approximate surface area is 213 Å². The van der Waals surface area contributed by atoms with Crippen LogP contribution in [0.3, 0.4) is 0 Å². The zero-order valence-electron chi connectivity index (χ0n) is 19.1. The van der Waals surface area contributed by atoms with E-state index in [1.165, 1.54) is 16.4 Å². The van der Waals surface area contributed by atoms with E-state index in [0.29, 0.717) is 25.3 Å². The molecule has 11 heteroatoms. The lowest BCUT2D eigenvalue weighted by atomic mass is 10.1. The summed E-state index contributed by atoms with van der Waals surface area (Å²) in [5, 5.41) is 11.2. The Balaban J connectivity index is 1.47. The van der Waals surface area contributed by atoms with Gasteiger partial charge in [-0.05, 0) is 30.7 Å². The number of benzene rings is 3. The molecule has 0 N–H and O–H groups in total. The van der Waals surface area contributed by atoms with Crippen molar-refractivity contribution < 1.29 is 13.3 Å². The third-order valence-corrected chi connectivity index (χ3v) is 8.32. The Hall–Kier alpha value is -3.60. The van der Waals surface area contributed by atoms with E-state index in [1.54, 1.807) is 0 Å². The fraction of sp³-hybridized carbons (Fsp3) is 0.200. The first kappa shape index (κ1) is 24.1. The van der Waals surface area contributed by atoms with Crippen molar-refractivity contribution in [3.8, 4) is 11.3 Å². The van der Waals surface area contributed by atoms with Gasteiger partial charge in [0.2, 0.25) is 10.0 Å². The molecule has 9 nitrogen and oxygen atoms in total. The van der Waals surface area contributed by atoms with Crippen molar-refractivity contribution in [1.82, 2.24) is 14.3 Å². The predicted molar refractivity (Wildman–Crippen MR) is 139 cm³/mol. The summed E-state index contributed by atoms with van der Waals surface area (Å²) >= 11 is 5.88. The number of nitro groups is 1. The van der Waals surface area contributed by atoms with E-state index >= 15 is 0 Å². The van der Waals surface area contributed by atoms with Gasteiger partial charge in [0.15, 0.2) is 5.82 Å². The first-order valence-corrected chi connectivity index (χ1v) is 13.2. The second-order valence-electron chi connectivity index (χ2n) is 8.37. The number of hydrogen-bond donors (Lipinski definition) is 0. The van der Waals surface area contributed by atoms with Crippen molar-refractivity contribution in [1.29, 1.82) is 0 Å². The molecule has 1 saturated heterocycles. The van der Waals surface area contributed by atoms with Crippen LogP contribution in [0.2, 0.25) is 5.02 Å².